The molecule has 0 aromatic carbocycles. The summed E-state index contributed by atoms with van der Waals surface area (Å²) in [4.78, 5) is 14.1. The second-order valence-corrected chi connectivity index (χ2v) is 8.77. The van der Waals surface area contributed by atoms with Crippen LogP contribution in [0.3, 0.4) is 0 Å². The molecular formula is C17H31NO2. The molecule has 2 rings (SSSR count). The quantitative estimate of drug-likeness (QED) is 0.840. The van der Waals surface area contributed by atoms with E-state index in [0.717, 1.165) is 32.4 Å². The molecule has 2 fully saturated rings. The molecular weight excluding hydrogens is 250 g/mol. The first-order valence-electron chi connectivity index (χ1n) is 8.07. The summed E-state index contributed by atoms with van der Waals surface area (Å²) in [7, 11) is 0. The van der Waals surface area contributed by atoms with Gasteiger partial charge < -0.3 is 5.11 Å². The molecule has 3 atom stereocenters. The lowest BCUT2D eigenvalue weighted by atomic mass is 9.67. The fourth-order valence-electron chi connectivity index (χ4n) is 4.06. The van der Waals surface area contributed by atoms with Crippen molar-refractivity contribution >= 4 is 5.97 Å². The van der Waals surface area contributed by atoms with E-state index in [1.54, 1.807) is 0 Å². The highest BCUT2D eigenvalue weighted by molar-refractivity contribution is 5.71. The van der Waals surface area contributed by atoms with Crippen LogP contribution in [0.1, 0.15) is 60.3 Å². The monoisotopic (exact) mass is 281 g/mol. The maximum atomic E-state index is 11.6. The van der Waals surface area contributed by atoms with Gasteiger partial charge in [0.05, 0.1) is 5.92 Å². The van der Waals surface area contributed by atoms with E-state index in [4.69, 9.17) is 0 Å². The van der Waals surface area contributed by atoms with Gasteiger partial charge in [0, 0.05) is 12.6 Å². The first kappa shape index (κ1) is 15.8. The summed E-state index contributed by atoms with van der Waals surface area (Å²) in [5.74, 6) is -0.110. The van der Waals surface area contributed by atoms with Crippen LogP contribution in [-0.4, -0.2) is 35.1 Å². The number of rotatable bonds is 2. The van der Waals surface area contributed by atoms with E-state index in [9.17, 15) is 9.90 Å². The third-order valence-electron chi connectivity index (χ3n) is 5.53. The predicted molar refractivity (Wildman–Crippen MR) is 81.7 cm³/mol. The molecule has 3 heteroatoms. The van der Waals surface area contributed by atoms with Crippen molar-refractivity contribution in [2.75, 3.05) is 13.1 Å². The number of carbonyl (C=O) groups is 1. The Labute approximate surface area is 123 Å². The number of carboxylic acids is 1. The van der Waals surface area contributed by atoms with Crippen LogP contribution in [0.25, 0.3) is 0 Å². The van der Waals surface area contributed by atoms with Gasteiger partial charge in [-0.3, -0.25) is 9.69 Å². The summed E-state index contributed by atoms with van der Waals surface area (Å²) in [5, 5.41) is 9.56. The van der Waals surface area contributed by atoms with Crippen LogP contribution in [-0.2, 0) is 4.79 Å². The fourth-order valence-corrected chi connectivity index (χ4v) is 4.06. The highest BCUT2D eigenvalue weighted by atomic mass is 16.4. The summed E-state index contributed by atoms with van der Waals surface area (Å²) < 4.78 is 0. The predicted octanol–water partition coefficient (Wildman–Crippen LogP) is 3.63. The minimum atomic E-state index is -0.591. The second kappa shape index (κ2) is 5.32. The van der Waals surface area contributed by atoms with Crippen molar-refractivity contribution < 1.29 is 9.90 Å². The largest absolute Gasteiger partial charge is 0.481 e. The normalized spacial score (nSPS) is 35.1. The van der Waals surface area contributed by atoms with Crippen molar-refractivity contribution in [1.29, 1.82) is 0 Å². The van der Waals surface area contributed by atoms with Gasteiger partial charge in [-0.2, -0.15) is 0 Å². The molecule has 1 aliphatic heterocycles. The van der Waals surface area contributed by atoms with Crippen molar-refractivity contribution in [2.45, 2.75) is 66.3 Å². The van der Waals surface area contributed by atoms with Crippen molar-refractivity contribution in [3.63, 3.8) is 0 Å². The fraction of sp³-hybridized carbons (Fsp3) is 0.941. The Hall–Kier alpha value is -0.570. The molecule has 0 bridgehead atoms. The zero-order valence-electron chi connectivity index (χ0n) is 13.8. The maximum absolute atomic E-state index is 11.6. The van der Waals surface area contributed by atoms with E-state index in [1.807, 2.05) is 0 Å². The van der Waals surface area contributed by atoms with Crippen LogP contribution in [0.5, 0.6) is 0 Å². The number of aliphatic carboxylic acids is 1. The lowest BCUT2D eigenvalue weighted by Gasteiger charge is -2.44. The van der Waals surface area contributed by atoms with Gasteiger partial charge in [0.2, 0.25) is 0 Å². The van der Waals surface area contributed by atoms with Gasteiger partial charge in [0.25, 0.3) is 0 Å². The summed E-state index contributed by atoms with van der Waals surface area (Å²) in [6, 6.07) is 0.243. The first-order chi connectivity index (χ1) is 9.10. The van der Waals surface area contributed by atoms with Gasteiger partial charge >= 0.3 is 5.97 Å². The molecule has 2 aliphatic rings. The molecule has 0 amide bonds. The molecule has 3 nitrogen and oxygen atoms in total. The Morgan fingerprint density at radius 2 is 1.90 bits per heavy atom. The van der Waals surface area contributed by atoms with E-state index in [1.165, 1.54) is 6.42 Å². The van der Waals surface area contributed by atoms with E-state index < -0.39 is 5.97 Å². The van der Waals surface area contributed by atoms with Crippen LogP contribution in [0, 0.1) is 22.7 Å². The van der Waals surface area contributed by atoms with Gasteiger partial charge in [-0.1, -0.05) is 34.6 Å². The molecule has 1 N–H and O–H groups in total. The van der Waals surface area contributed by atoms with E-state index >= 15 is 0 Å². The molecule has 1 saturated heterocycles. The molecule has 1 saturated carbocycles. The lowest BCUT2D eigenvalue weighted by Crippen LogP contribution is -2.48. The molecule has 116 valence electrons. The van der Waals surface area contributed by atoms with E-state index in [2.05, 4.69) is 39.5 Å². The number of nitrogens with zero attached hydrogens (tertiary/aromatic N) is 1. The molecule has 0 aromatic rings. The average Bonchev–Trinajstić information content (AvgIpc) is 2.67. The minimum absolute atomic E-state index is 0.164. The maximum Gasteiger partial charge on any atom is 0.308 e. The Balaban J connectivity index is 2.14. The van der Waals surface area contributed by atoms with Gasteiger partial charge in [0.1, 0.15) is 0 Å². The topological polar surface area (TPSA) is 40.5 Å². The summed E-state index contributed by atoms with van der Waals surface area (Å²) in [6.45, 7) is 13.6. The SMILES string of the molecule is CC1(C)CCN(C2CC(C(C)(C)C)CCC2C(=O)O)C1. The van der Waals surface area contributed by atoms with Crippen LogP contribution in [0.15, 0.2) is 0 Å². The average molecular weight is 281 g/mol. The van der Waals surface area contributed by atoms with Crippen molar-refractivity contribution in [3.8, 4) is 0 Å². The standard InChI is InChI=1S/C17H31NO2/c1-16(2,3)12-6-7-13(15(19)20)14(10-12)18-9-8-17(4,5)11-18/h12-14H,6-11H2,1-5H3,(H,19,20). The number of hydrogen-bond donors (Lipinski definition) is 1. The lowest BCUT2D eigenvalue weighted by molar-refractivity contribution is -0.146. The van der Waals surface area contributed by atoms with E-state index in [-0.39, 0.29) is 17.4 Å². The van der Waals surface area contributed by atoms with E-state index in [0.29, 0.717) is 11.3 Å². The molecule has 20 heavy (non-hydrogen) atoms. The molecule has 0 aromatic heterocycles. The molecule has 0 spiro atoms. The van der Waals surface area contributed by atoms with Crippen LogP contribution in [0.4, 0.5) is 0 Å². The smallest absolute Gasteiger partial charge is 0.308 e. The van der Waals surface area contributed by atoms with Gasteiger partial charge in [-0.25, -0.2) is 0 Å². The van der Waals surface area contributed by atoms with Crippen LogP contribution < -0.4 is 0 Å². The highest BCUT2D eigenvalue weighted by Gasteiger charge is 2.44. The Morgan fingerprint density at radius 3 is 2.35 bits per heavy atom. The Morgan fingerprint density at radius 1 is 1.25 bits per heavy atom. The first-order valence-corrected chi connectivity index (χ1v) is 8.07. The second-order valence-electron chi connectivity index (χ2n) is 8.77. The summed E-state index contributed by atoms with van der Waals surface area (Å²) >= 11 is 0. The Kier molecular flexibility index (Phi) is 4.21. The zero-order chi connectivity index (χ0) is 15.1. The molecule has 1 aliphatic carbocycles. The van der Waals surface area contributed by atoms with Gasteiger partial charge in [0.15, 0.2) is 0 Å². The number of carboxylic acid groups (broad SMARTS) is 1. The summed E-state index contributed by atoms with van der Waals surface area (Å²) in [5.41, 5.74) is 0.634. The van der Waals surface area contributed by atoms with Crippen molar-refractivity contribution in [1.82, 2.24) is 4.90 Å². The van der Waals surface area contributed by atoms with Crippen LogP contribution in [0.2, 0.25) is 0 Å². The number of likely N-dealkylation sites (tertiary alicyclic amines) is 1. The van der Waals surface area contributed by atoms with Crippen molar-refractivity contribution in [2.24, 2.45) is 22.7 Å². The zero-order valence-corrected chi connectivity index (χ0v) is 13.8. The third kappa shape index (κ3) is 3.36. The molecule has 3 unspecified atom stereocenters. The van der Waals surface area contributed by atoms with Crippen LogP contribution >= 0.6 is 0 Å². The summed E-state index contributed by atoms with van der Waals surface area (Å²) in [6.07, 6.45) is 4.15. The minimum Gasteiger partial charge on any atom is -0.481 e. The number of hydrogen-bond acceptors (Lipinski definition) is 2. The Bertz CT molecular complexity index is 370. The van der Waals surface area contributed by atoms with Crippen molar-refractivity contribution in [3.05, 3.63) is 0 Å². The molecule has 1 heterocycles. The highest BCUT2D eigenvalue weighted by Crippen LogP contribution is 2.43. The third-order valence-corrected chi connectivity index (χ3v) is 5.53. The molecule has 0 radical (unpaired) electrons. The van der Waals surface area contributed by atoms with Gasteiger partial charge in [-0.15, -0.1) is 0 Å². The van der Waals surface area contributed by atoms with Gasteiger partial charge in [-0.05, 0) is 49.0 Å².